The van der Waals surface area contributed by atoms with Crippen LogP contribution < -0.4 is 0 Å². The summed E-state index contributed by atoms with van der Waals surface area (Å²) in [6, 6.07) is 13.4. The summed E-state index contributed by atoms with van der Waals surface area (Å²) in [7, 11) is 4.25. The Labute approximate surface area is 228 Å². The molecule has 40 heavy (non-hydrogen) atoms. The van der Waals surface area contributed by atoms with E-state index in [-0.39, 0.29) is 23.1 Å². The normalized spacial score (nSPS) is 24.4. The molecule has 5 rings (SSSR count). The number of rotatable bonds is 6. The molecule has 1 N–H and O–H groups in total. The molecule has 206 valence electrons. The maximum atomic E-state index is 14.6. The first-order valence-corrected chi connectivity index (χ1v) is 12.2. The van der Waals surface area contributed by atoms with Gasteiger partial charge >= 0.3 is 23.9 Å². The predicted octanol–water partition coefficient (Wildman–Crippen LogP) is 0.993. The zero-order valence-electron chi connectivity index (χ0n) is 22.0. The van der Waals surface area contributed by atoms with Gasteiger partial charge in [0.15, 0.2) is 16.9 Å². The van der Waals surface area contributed by atoms with Gasteiger partial charge in [-0.2, -0.15) is 0 Å². The molecule has 3 atom stereocenters. The average molecular weight is 548 g/mol. The smallest absolute Gasteiger partial charge is 0.355 e. The summed E-state index contributed by atoms with van der Waals surface area (Å²) < 4.78 is 20.1. The van der Waals surface area contributed by atoms with Gasteiger partial charge in [-0.1, -0.05) is 54.6 Å². The Morgan fingerprint density at radius 2 is 1.32 bits per heavy atom. The number of carbonyl (C=O) groups excluding carboxylic acids is 5. The number of hydrogen-bond acceptors (Lipinski definition) is 11. The van der Waals surface area contributed by atoms with Crippen LogP contribution in [0.2, 0.25) is 0 Å². The van der Waals surface area contributed by atoms with Gasteiger partial charge in [-0.15, -0.1) is 0 Å². The van der Waals surface area contributed by atoms with Gasteiger partial charge in [0, 0.05) is 11.1 Å². The molecule has 2 aromatic carbocycles. The van der Waals surface area contributed by atoms with Gasteiger partial charge in [-0.25, -0.2) is 19.2 Å². The Hall–Kier alpha value is -4.77. The molecule has 2 heterocycles. The SMILES string of the molecule is COC(=O)C1=C(C(=O)OC)C23C(=O)c4ccccc4C2(O)C(C(=O)OC)=C(C(=O)OC)N3C1Cc1ccccc1. The van der Waals surface area contributed by atoms with E-state index >= 15 is 0 Å². The van der Waals surface area contributed by atoms with Crippen LogP contribution in [0.15, 0.2) is 77.0 Å². The lowest BCUT2D eigenvalue weighted by molar-refractivity contribution is -0.142. The number of carbonyl (C=O) groups is 5. The highest BCUT2D eigenvalue weighted by molar-refractivity contribution is 6.24. The van der Waals surface area contributed by atoms with E-state index in [2.05, 4.69) is 0 Å². The summed E-state index contributed by atoms with van der Waals surface area (Å²) in [5, 5.41) is 12.7. The van der Waals surface area contributed by atoms with Gasteiger partial charge in [-0.3, -0.25) is 4.79 Å². The summed E-state index contributed by atoms with van der Waals surface area (Å²) >= 11 is 0. The van der Waals surface area contributed by atoms with Gasteiger partial charge in [-0.05, 0) is 12.0 Å². The molecule has 0 aromatic heterocycles. The van der Waals surface area contributed by atoms with E-state index in [9.17, 15) is 29.1 Å². The second-order valence-electron chi connectivity index (χ2n) is 9.35. The Morgan fingerprint density at radius 1 is 0.775 bits per heavy atom. The highest BCUT2D eigenvalue weighted by Gasteiger charge is 2.81. The van der Waals surface area contributed by atoms with Crippen molar-refractivity contribution in [3.8, 4) is 0 Å². The minimum Gasteiger partial charge on any atom is -0.466 e. The van der Waals surface area contributed by atoms with Crippen LogP contribution in [0.4, 0.5) is 0 Å². The largest absolute Gasteiger partial charge is 0.466 e. The van der Waals surface area contributed by atoms with Crippen molar-refractivity contribution in [1.29, 1.82) is 0 Å². The number of nitrogens with zero attached hydrogens (tertiary/aromatic N) is 1. The van der Waals surface area contributed by atoms with Crippen molar-refractivity contribution < 1.29 is 48.0 Å². The summed E-state index contributed by atoms with van der Waals surface area (Å²) in [4.78, 5) is 69.6. The number of fused-ring (bicyclic) bond motifs is 2. The quantitative estimate of drug-likeness (QED) is 0.408. The Bertz CT molecular complexity index is 1540. The number of ether oxygens (including phenoxy) is 4. The molecule has 2 aromatic rings. The monoisotopic (exact) mass is 547 g/mol. The fourth-order valence-corrected chi connectivity index (χ4v) is 6.29. The zero-order valence-corrected chi connectivity index (χ0v) is 22.0. The van der Waals surface area contributed by atoms with E-state index in [0.29, 0.717) is 5.56 Å². The predicted molar refractivity (Wildman–Crippen MR) is 135 cm³/mol. The van der Waals surface area contributed by atoms with E-state index in [1.54, 1.807) is 36.4 Å². The fourth-order valence-electron chi connectivity index (χ4n) is 6.29. The molecule has 0 amide bonds. The molecular formula is C29H25NO10. The molecule has 11 heteroatoms. The average Bonchev–Trinajstić information content (AvgIpc) is 3.49. The van der Waals surface area contributed by atoms with Gasteiger partial charge < -0.3 is 29.0 Å². The third-order valence-electron chi connectivity index (χ3n) is 7.73. The summed E-state index contributed by atoms with van der Waals surface area (Å²) in [6.45, 7) is 0. The molecule has 11 nitrogen and oxygen atoms in total. The minimum atomic E-state index is -2.66. The molecule has 0 saturated carbocycles. The second kappa shape index (κ2) is 9.45. The maximum Gasteiger partial charge on any atom is 0.355 e. The summed E-state index contributed by atoms with van der Waals surface area (Å²) in [6.07, 6.45) is -0.0395. The van der Waals surface area contributed by atoms with Crippen LogP contribution in [0.3, 0.4) is 0 Å². The number of hydrogen-bond donors (Lipinski definition) is 1. The first-order chi connectivity index (χ1) is 19.2. The van der Waals surface area contributed by atoms with Gasteiger partial charge in [0.1, 0.15) is 11.3 Å². The van der Waals surface area contributed by atoms with Gasteiger partial charge in [0.25, 0.3) is 0 Å². The Kier molecular flexibility index (Phi) is 6.34. The molecule has 2 aliphatic heterocycles. The minimum absolute atomic E-state index is 0.0219. The fraction of sp³-hybridized carbons (Fsp3) is 0.276. The number of aliphatic hydroxyl groups is 1. The van der Waals surface area contributed by atoms with Crippen molar-refractivity contribution in [1.82, 2.24) is 4.90 Å². The molecule has 0 radical (unpaired) electrons. The second-order valence-corrected chi connectivity index (χ2v) is 9.35. The number of methoxy groups -OCH3 is 4. The van der Waals surface area contributed by atoms with Crippen molar-refractivity contribution >= 4 is 29.7 Å². The molecule has 1 spiro atoms. The lowest BCUT2D eigenvalue weighted by atomic mass is 9.72. The highest BCUT2D eigenvalue weighted by Crippen LogP contribution is 2.65. The molecule has 3 aliphatic rings. The van der Waals surface area contributed by atoms with E-state index in [0.717, 1.165) is 33.3 Å². The molecule has 0 saturated heterocycles. The van der Waals surface area contributed by atoms with Crippen molar-refractivity contribution in [2.75, 3.05) is 28.4 Å². The highest BCUT2D eigenvalue weighted by atomic mass is 16.5. The molecule has 0 bridgehead atoms. The van der Waals surface area contributed by atoms with E-state index < -0.39 is 63.7 Å². The lowest BCUT2D eigenvalue weighted by Gasteiger charge is -2.41. The summed E-state index contributed by atoms with van der Waals surface area (Å²) in [5.74, 6) is -5.18. The standard InChI is InChI=1S/C29H25NO10/c1-37-24(32)19-18(14-15-10-6-5-7-11-15)30-22(27(35)40-4)21(26(34)39-3)29(36)17-13-9-8-12-16(17)23(31)28(29,30)20(19)25(33)38-2/h5-13,18,36H,14H2,1-4H3. The van der Waals surface area contributed by atoms with E-state index in [1.807, 2.05) is 0 Å². The van der Waals surface area contributed by atoms with Gasteiger partial charge in [0.05, 0.1) is 45.6 Å². The number of esters is 4. The third kappa shape index (κ3) is 3.12. The van der Waals surface area contributed by atoms with Crippen LogP contribution in [-0.2, 0) is 50.1 Å². The van der Waals surface area contributed by atoms with Crippen LogP contribution >= 0.6 is 0 Å². The van der Waals surface area contributed by atoms with E-state index in [4.69, 9.17) is 18.9 Å². The van der Waals surface area contributed by atoms with Gasteiger partial charge in [0.2, 0.25) is 0 Å². The van der Waals surface area contributed by atoms with Crippen LogP contribution in [0.25, 0.3) is 0 Å². The van der Waals surface area contributed by atoms with Crippen molar-refractivity contribution in [2.45, 2.75) is 23.6 Å². The van der Waals surface area contributed by atoms with E-state index in [1.165, 1.54) is 18.2 Å². The molecule has 0 fully saturated rings. The van der Waals surface area contributed by atoms with Crippen LogP contribution in [0.1, 0.15) is 21.5 Å². The van der Waals surface area contributed by atoms with Crippen molar-refractivity contribution in [3.63, 3.8) is 0 Å². The number of Topliss-reactive ketones (excluding diaryl/α,β-unsaturated/α-hetero) is 1. The van der Waals surface area contributed by atoms with Crippen molar-refractivity contribution in [2.24, 2.45) is 0 Å². The Morgan fingerprint density at radius 3 is 1.93 bits per heavy atom. The third-order valence-corrected chi connectivity index (χ3v) is 7.73. The first kappa shape index (κ1) is 26.8. The molecular weight excluding hydrogens is 522 g/mol. The Balaban J connectivity index is 1.99. The first-order valence-electron chi connectivity index (χ1n) is 12.2. The molecule has 1 aliphatic carbocycles. The summed E-state index contributed by atoms with van der Waals surface area (Å²) in [5.41, 5.74) is -6.58. The van der Waals surface area contributed by atoms with Crippen LogP contribution in [-0.4, -0.2) is 79.7 Å². The van der Waals surface area contributed by atoms with Crippen molar-refractivity contribution in [3.05, 3.63) is 93.7 Å². The van der Waals surface area contributed by atoms with Crippen LogP contribution in [0.5, 0.6) is 0 Å². The lowest BCUT2D eigenvalue weighted by Crippen LogP contribution is -2.61. The number of benzene rings is 2. The zero-order chi connectivity index (χ0) is 29.0. The molecule has 3 unspecified atom stereocenters. The maximum absolute atomic E-state index is 14.6. The van der Waals surface area contributed by atoms with Crippen LogP contribution in [0, 0.1) is 0 Å². The number of ketones is 1. The topological polar surface area (TPSA) is 146 Å².